The highest BCUT2D eigenvalue weighted by Gasteiger charge is 2.15. The fourth-order valence-corrected chi connectivity index (χ4v) is 3.74. The molecule has 0 saturated carbocycles. The van der Waals surface area contributed by atoms with Gasteiger partial charge in [0.2, 0.25) is 17.7 Å². The Morgan fingerprint density at radius 2 is 1.89 bits per heavy atom. The predicted octanol–water partition coefficient (Wildman–Crippen LogP) is 3.74. The van der Waals surface area contributed by atoms with E-state index in [4.69, 9.17) is 15.2 Å². The van der Waals surface area contributed by atoms with Crippen molar-refractivity contribution in [2.75, 3.05) is 36.5 Å². The summed E-state index contributed by atoms with van der Waals surface area (Å²) in [5.74, 6) is -0.805. The fraction of sp³-hybridized carbons (Fsp3) is 0.160. The quantitative estimate of drug-likeness (QED) is 0.393. The second-order valence-corrected chi connectivity index (χ2v) is 7.93. The van der Waals surface area contributed by atoms with Gasteiger partial charge in [-0.2, -0.15) is 9.50 Å². The number of carbonyl (C=O) groups excluding carboxylic acids is 1. The zero-order chi connectivity index (χ0) is 24.4. The van der Waals surface area contributed by atoms with E-state index in [1.54, 1.807) is 18.2 Å². The number of carbonyl (C=O) groups is 1. The summed E-state index contributed by atoms with van der Waals surface area (Å²) in [7, 11) is 0. The minimum Gasteiger partial charge on any atom is -0.436 e. The third-order valence-electron chi connectivity index (χ3n) is 5.62. The van der Waals surface area contributed by atoms with E-state index in [0.29, 0.717) is 17.2 Å². The lowest BCUT2D eigenvalue weighted by Gasteiger charge is -2.28. The summed E-state index contributed by atoms with van der Waals surface area (Å²) in [6, 6.07) is 17.1. The van der Waals surface area contributed by atoms with Crippen molar-refractivity contribution in [1.29, 1.82) is 0 Å². The normalized spacial score (nSPS) is 13.6. The molecule has 3 heterocycles. The van der Waals surface area contributed by atoms with Crippen LogP contribution in [0.2, 0.25) is 0 Å². The van der Waals surface area contributed by atoms with E-state index in [0.717, 1.165) is 37.7 Å². The Hall–Kier alpha value is -4.44. The summed E-state index contributed by atoms with van der Waals surface area (Å²) < 4.78 is 27.1. The Bertz CT molecular complexity index is 1400. The van der Waals surface area contributed by atoms with Crippen molar-refractivity contribution >= 4 is 34.5 Å². The first-order valence-electron chi connectivity index (χ1n) is 11.0. The van der Waals surface area contributed by atoms with Gasteiger partial charge in [0.05, 0.1) is 13.2 Å². The van der Waals surface area contributed by atoms with Gasteiger partial charge in [-0.15, -0.1) is 5.10 Å². The molecule has 0 radical (unpaired) electrons. The number of rotatable bonds is 7. The average molecular weight is 474 g/mol. The molecule has 1 saturated heterocycles. The molecule has 10 heteroatoms. The molecule has 3 N–H and O–H groups in total. The molecule has 2 aromatic heterocycles. The number of ether oxygens (including phenoxy) is 2. The second kappa shape index (κ2) is 9.43. The maximum absolute atomic E-state index is 14.4. The molecule has 0 aliphatic carbocycles. The largest absolute Gasteiger partial charge is 0.436 e. The number of primary amides is 1. The molecule has 4 aromatic rings. The van der Waals surface area contributed by atoms with Crippen molar-refractivity contribution in [3.05, 3.63) is 78.6 Å². The number of benzene rings is 2. The van der Waals surface area contributed by atoms with E-state index >= 15 is 0 Å². The van der Waals surface area contributed by atoms with Crippen molar-refractivity contribution in [2.24, 2.45) is 5.73 Å². The number of pyridine rings is 1. The van der Waals surface area contributed by atoms with Crippen LogP contribution in [-0.2, 0) is 9.53 Å². The van der Waals surface area contributed by atoms with Gasteiger partial charge in [0.25, 0.3) is 0 Å². The van der Waals surface area contributed by atoms with Crippen LogP contribution in [0, 0.1) is 5.82 Å². The molecular formula is C25H23FN6O3. The number of hydrogen-bond acceptors (Lipinski definition) is 7. The number of aromatic nitrogens is 3. The highest BCUT2D eigenvalue weighted by Crippen LogP contribution is 2.29. The van der Waals surface area contributed by atoms with Crippen molar-refractivity contribution in [2.45, 2.75) is 0 Å². The first-order chi connectivity index (χ1) is 17.0. The highest BCUT2D eigenvalue weighted by atomic mass is 19.1. The summed E-state index contributed by atoms with van der Waals surface area (Å²) in [5, 5.41) is 7.64. The van der Waals surface area contributed by atoms with E-state index in [1.807, 2.05) is 24.3 Å². The van der Waals surface area contributed by atoms with Gasteiger partial charge in [-0.25, -0.2) is 4.39 Å². The van der Waals surface area contributed by atoms with Crippen LogP contribution >= 0.6 is 0 Å². The zero-order valence-electron chi connectivity index (χ0n) is 18.8. The predicted molar refractivity (Wildman–Crippen MR) is 130 cm³/mol. The summed E-state index contributed by atoms with van der Waals surface area (Å²) in [5.41, 5.74) is 8.16. The van der Waals surface area contributed by atoms with Gasteiger partial charge < -0.3 is 25.4 Å². The maximum Gasteiger partial charge on any atom is 0.248 e. The number of nitrogens with two attached hydrogens (primary N) is 1. The minimum atomic E-state index is -0.699. The number of morpholine rings is 1. The van der Waals surface area contributed by atoms with Gasteiger partial charge >= 0.3 is 0 Å². The molecule has 9 nitrogen and oxygen atoms in total. The van der Waals surface area contributed by atoms with Crippen LogP contribution < -0.4 is 20.7 Å². The van der Waals surface area contributed by atoms with Crippen LogP contribution in [0.3, 0.4) is 0 Å². The van der Waals surface area contributed by atoms with Crippen LogP contribution in [0.5, 0.6) is 11.6 Å². The minimum absolute atomic E-state index is 0.0555. The Labute approximate surface area is 200 Å². The second-order valence-electron chi connectivity index (χ2n) is 7.93. The molecule has 2 aromatic carbocycles. The van der Waals surface area contributed by atoms with Crippen LogP contribution in [0.1, 0.15) is 5.56 Å². The third kappa shape index (κ3) is 4.78. The molecule has 35 heavy (non-hydrogen) atoms. The number of halogens is 1. The van der Waals surface area contributed by atoms with E-state index in [9.17, 15) is 9.18 Å². The van der Waals surface area contributed by atoms with Gasteiger partial charge in [-0.3, -0.25) is 4.79 Å². The van der Waals surface area contributed by atoms with Crippen molar-refractivity contribution < 1.29 is 18.7 Å². The van der Waals surface area contributed by atoms with Gasteiger partial charge in [-0.1, -0.05) is 18.7 Å². The lowest BCUT2D eigenvalue weighted by molar-refractivity contribution is -0.112. The van der Waals surface area contributed by atoms with Crippen molar-refractivity contribution in [3.63, 3.8) is 0 Å². The molecule has 1 aliphatic heterocycles. The van der Waals surface area contributed by atoms with Gasteiger partial charge in [0, 0.05) is 36.1 Å². The van der Waals surface area contributed by atoms with Gasteiger partial charge in [0.15, 0.2) is 17.2 Å². The Balaban J connectivity index is 1.37. The molecule has 0 bridgehead atoms. The van der Waals surface area contributed by atoms with Crippen LogP contribution in [0.25, 0.3) is 11.2 Å². The van der Waals surface area contributed by atoms with E-state index in [2.05, 4.69) is 26.9 Å². The summed E-state index contributed by atoms with van der Waals surface area (Å²) in [6.07, 6.45) is 0. The van der Waals surface area contributed by atoms with Gasteiger partial charge in [-0.05, 0) is 48.0 Å². The lowest BCUT2D eigenvalue weighted by atomic mass is 10.1. The smallest absolute Gasteiger partial charge is 0.248 e. The Morgan fingerprint density at radius 3 is 2.63 bits per heavy atom. The van der Waals surface area contributed by atoms with Crippen molar-refractivity contribution in [1.82, 2.24) is 14.6 Å². The lowest BCUT2D eigenvalue weighted by Crippen LogP contribution is -2.36. The van der Waals surface area contributed by atoms with Crippen LogP contribution in [0.15, 0.2) is 67.2 Å². The van der Waals surface area contributed by atoms with Gasteiger partial charge in [0.1, 0.15) is 0 Å². The van der Waals surface area contributed by atoms with Crippen LogP contribution in [-0.4, -0.2) is 46.8 Å². The third-order valence-corrected chi connectivity index (χ3v) is 5.62. The SMILES string of the molecule is C=C(C(N)=O)c1ccc(F)c(Oc2cccc3nc(Nc4ccc(N5CCOCC5)cc4)nn23)c1. The number of fused-ring (bicyclic) bond motifs is 1. The summed E-state index contributed by atoms with van der Waals surface area (Å²) >= 11 is 0. The fourth-order valence-electron chi connectivity index (χ4n) is 3.74. The molecular weight excluding hydrogens is 451 g/mol. The molecule has 0 spiro atoms. The number of amides is 1. The Morgan fingerprint density at radius 1 is 1.11 bits per heavy atom. The number of hydrogen-bond donors (Lipinski definition) is 2. The number of nitrogens with one attached hydrogen (secondary N) is 1. The molecule has 0 unspecified atom stereocenters. The van der Waals surface area contributed by atoms with E-state index in [1.165, 1.54) is 22.7 Å². The van der Waals surface area contributed by atoms with E-state index < -0.39 is 11.7 Å². The average Bonchev–Trinajstić information content (AvgIpc) is 3.29. The molecule has 1 amide bonds. The first kappa shape index (κ1) is 22.4. The van der Waals surface area contributed by atoms with E-state index in [-0.39, 0.29) is 17.2 Å². The number of nitrogens with zero attached hydrogens (tertiary/aromatic N) is 4. The number of anilines is 3. The molecule has 5 rings (SSSR count). The molecule has 178 valence electrons. The van der Waals surface area contributed by atoms with Crippen LogP contribution in [0.4, 0.5) is 21.7 Å². The standard InChI is InChI=1S/C25H23FN6O3/c1-16(24(27)33)17-5-10-20(26)21(15-17)35-23-4-2-3-22-29-25(30-32(22)23)28-18-6-8-19(9-7-18)31-11-13-34-14-12-31/h2-10,15H,1,11-14H2,(H2,27,33)(H,28,30). The summed E-state index contributed by atoms with van der Waals surface area (Å²) in [6.45, 7) is 6.81. The Kier molecular flexibility index (Phi) is 6.02. The summed E-state index contributed by atoms with van der Waals surface area (Å²) in [4.78, 5) is 18.2. The topological polar surface area (TPSA) is 107 Å². The molecule has 1 aliphatic rings. The monoisotopic (exact) mass is 474 g/mol. The maximum atomic E-state index is 14.4. The molecule has 1 fully saturated rings. The molecule has 0 atom stereocenters. The zero-order valence-corrected chi connectivity index (χ0v) is 18.8. The highest BCUT2D eigenvalue weighted by molar-refractivity contribution is 6.17. The van der Waals surface area contributed by atoms with Crippen molar-refractivity contribution in [3.8, 4) is 11.6 Å². The first-order valence-corrected chi connectivity index (χ1v) is 11.0.